The molecule has 38 heavy (non-hydrogen) atoms. The lowest BCUT2D eigenvalue weighted by molar-refractivity contribution is 0.0979. The van der Waals surface area contributed by atoms with Gasteiger partial charge in [0, 0.05) is 46.1 Å². The Hall–Kier alpha value is -4.73. The highest BCUT2D eigenvalue weighted by molar-refractivity contribution is 7.85. The Morgan fingerprint density at radius 1 is 0.632 bits per heavy atom. The van der Waals surface area contributed by atoms with Crippen molar-refractivity contribution in [2.75, 3.05) is 12.4 Å². The average Bonchev–Trinajstić information content (AvgIpc) is 2.96. The lowest BCUT2D eigenvalue weighted by atomic mass is 9.84. The second kappa shape index (κ2) is 12.5. The average molecular weight is 530 g/mol. The van der Waals surface area contributed by atoms with Gasteiger partial charge in [-0.2, -0.15) is 8.42 Å². The van der Waals surface area contributed by atoms with Crippen molar-refractivity contribution in [2.45, 2.75) is 4.90 Å². The molecular weight excluding hydrogens is 506 g/mol. The number of aldehydes is 2. The molecule has 192 valence electrons. The smallest absolute Gasteiger partial charge is 0.294 e. The van der Waals surface area contributed by atoms with Gasteiger partial charge in [0.1, 0.15) is 12.6 Å². The Kier molecular flexibility index (Phi) is 9.15. The fourth-order valence-electron chi connectivity index (χ4n) is 3.50. The van der Waals surface area contributed by atoms with Gasteiger partial charge in [0.2, 0.25) is 0 Å². The third-order valence-electron chi connectivity index (χ3n) is 5.47. The summed E-state index contributed by atoms with van der Waals surface area (Å²) in [5.41, 5.74) is 3.11. The van der Waals surface area contributed by atoms with Gasteiger partial charge in [0.15, 0.2) is 11.6 Å². The molecule has 0 radical (unpaired) electrons. The van der Waals surface area contributed by atoms with E-state index in [-0.39, 0.29) is 22.5 Å². The van der Waals surface area contributed by atoms with E-state index in [0.717, 1.165) is 36.0 Å². The highest BCUT2D eigenvalue weighted by Gasteiger charge is 2.30. The minimum absolute atomic E-state index is 0.0103. The van der Waals surface area contributed by atoms with Crippen molar-refractivity contribution in [1.82, 2.24) is 0 Å². The molecule has 9 heteroatoms. The maximum atomic E-state index is 12.3. The number of nitrogens with one attached hydrogen (secondary N) is 1. The maximum absolute atomic E-state index is 12.3. The van der Waals surface area contributed by atoms with Crippen LogP contribution in [-0.2, 0) is 10.1 Å². The maximum Gasteiger partial charge on any atom is 0.294 e. The van der Waals surface area contributed by atoms with Crippen molar-refractivity contribution in [3.05, 3.63) is 130 Å². The number of anilines is 1. The molecule has 5 rings (SSSR count). The second-order valence-corrected chi connectivity index (χ2v) is 9.33. The minimum atomic E-state index is -4.42. The Balaban J connectivity index is 0.000000185. The van der Waals surface area contributed by atoms with E-state index in [9.17, 15) is 27.6 Å². The molecule has 1 aliphatic carbocycles. The van der Waals surface area contributed by atoms with E-state index in [1.54, 1.807) is 42.5 Å². The third-order valence-corrected chi connectivity index (χ3v) is 6.32. The van der Waals surface area contributed by atoms with Gasteiger partial charge in [-0.15, -0.1) is 0 Å². The Bertz CT molecular complexity index is 1580. The molecule has 0 saturated carbocycles. The number of fused-ring (bicyclic) bond motifs is 2. The quantitative estimate of drug-likeness (QED) is 0.252. The van der Waals surface area contributed by atoms with E-state index < -0.39 is 20.8 Å². The van der Waals surface area contributed by atoms with Crippen LogP contribution in [0.3, 0.4) is 0 Å². The topological polar surface area (TPSA) is 135 Å². The molecule has 0 aliphatic heterocycles. The summed E-state index contributed by atoms with van der Waals surface area (Å²) < 4.78 is 31.2. The first-order valence-electron chi connectivity index (χ1n) is 11.2. The summed E-state index contributed by atoms with van der Waals surface area (Å²) in [4.78, 5) is 44.3. The van der Waals surface area contributed by atoms with Crippen LogP contribution >= 0.6 is 0 Å². The van der Waals surface area contributed by atoms with Gasteiger partial charge in [0.25, 0.3) is 10.1 Å². The SMILES string of the molecule is CNc1ccc(C=O)cc1.O=C1c2ccccc2C(=O)c2cc(S(=O)(=O)O)ccc21.O=Cc1ccccc1. The molecule has 8 nitrogen and oxygen atoms in total. The van der Waals surface area contributed by atoms with E-state index in [4.69, 9.17) is 4.55 Å². The van der Waals surface area contributed by atoms with Crippen molar-refractivity contribution in [3.63, 3.8) is 0 Å². The summed E-state index contributed by atoms with van der Waals surface area (Å²) in [6, 6.07) is 26.1. The summed E-state index contributed by atoms with van der Waals surface area (Å²) in [6.07, 6.45) is 1.67. The second-order valence-electron chi connectivity index (χ2n) is 7.90. The number of hydrogen-bond acceptors (Lipinski definition) is 7. The van der Waals surface area contributed by atoms with Crippen molar-refractivity contribution in [3.8, 4) is 0 Å². The van der Waals surface area contributed by atoms with Gasteiger partial charge < -0.3 is 5.32 Å². The number of carbonyl (C=O) groups is 4. The molecule has 2 N–H and O–H groups in total. The lowest BCUT2D eigenvalue weighted by Crippen LogP contribution is -2.21. The fraction of sp³-hybridized carbons (Fsp3) is 0.0345. The molecule has 0 amide bonds. The van der Waals surface area contributed by atoms with Gasteiger partial charge in [0.05, 0.1) is 4.90 Å². The van der Waals surface area contributed by atoms with Gasteiger partial charge in [-0.25, -0.2) is 0 Å². The monoisotopic (exact) mass is 529 g/mol. The van der Waals surface area contributed by atoms with Crippen molar-refractivity contribution >= 4 is 39.9 Å². The summed E-state index contributed by atoms with van der Waals surface area (Å²) in [5, 5.41) is 2.96. The van der Waals surface area contributed by atoms with Crippen LogP contribution in [0.15, 0.2) is 102 Å². The molecule has 0 saturated heterocycles. The molecule has 0 fully saturated rings. The number of hydrogen-bond donors (Lipinski definition) is 2. The van der Waals surface area contributed by atoms with Crippen LogP contribution in [0.25, 0.3) is 0 Å². The molecule has 1 aliphatic rings. The molecule has 0 heterocycles. The fourth-order valence-corrected chi connectivity index (χ4v) is 4.01. The van der Waals surface area contributed by atoms with Crippen LogP contribution in [0, 0.1) is 0 Å². The Morgan fingerprint density at radius 2 is 1.11 bits per heavy atom. The standard InChI is InChI=1S/C14H8O5S.C8H9NO.C7H6O/c15-13-9-3-1-2-4-10(9)14(16)12-7-8(20(17,18)19)5-6-11(12)13;1-9-8-4-2-7(6-10)3-5-8;8-6-7-4-2-1-3-5-7/h1-7H,(H,17,18,19);2-6,9H,1H3;1-6H. The van der Waals surface area contributed by atoms with E-state index in [0.29, 0.717) is 11.1 Å². The van der Waals surface area contributed by atoms with Crippen LogP contribution in [0.5, 0.6) is 0 Å². The zero-order chi connectivity index (χ0) is 27.7. The first-order valence-corrected chi connectivity index (χ1v) is 12.7. The van der Waals surface area contributed by atoms with Gasteiger partial charge in [-0.3, -0.25) is 23.7 Å². The molecule has 0 aromatic heterocycles. The summed E-state index contributed by atoms with van der Waals surface area (Å²) in [7, 11) is -2.57. The number of rotatable bonds is 4. The summed E-state index contributed by atoms with van der Waals surface area (Å²) >= 11 is 0. The van der Waals surface area contributed by atoms with Gasteiger partial charge >= 0.3 is 0 Å². The molecule has 0 unspecified atom stereocenters. The first-order chi connectivity index (χ1) is 18.2. The van der Waals surface area contributed by atoms with E-state index >= 15 is 0 Å². The molecule has 0 bridgehead atoms. The molecule has 4 aromatic rings. The van der Waals surface area contributed by atoms with Crippen LogP contribution < -0.4 is 5.32 Å². The predicted octanol–water partition coefficient (Wildman–Crippen LogP) is 4.75. The van der Waals surface area contributed by atoms with Crippen LogP contribution in [0.1, 0.15) is 52.6 Å². The predicted molar refractivity (Wildman–Crippen MR) is 143 cm³/mol. The van der Waals surface area contributed by atoms with Gasteiger partial charge in [-0.05, 0) is 42.5 Å². The summed E-state index contributed by atoms with van der Waals surface area (Å²) in [5.74, 6) is -0.766. The first kappa shape index (κ1) is 27.9. The number of ketones is 2. The number of carbonyl (C=O) groups excluding carboxylic acids is 4. The molecule has 0 spiro atoms. The van der Waals surface area contributed by atoms with Crippen LogP contribution in [0.2, 0.25) is 0 Å². The van der Waals surface area contributed by atoms with Crippen LogP contribution in [-0.4, -0.2) is 44.2 Å². The highest BCUT2D eigenvalue weighted by Crippen LogP contribution is 2.28. The lowest BCUT2D eigenvalue weighted by Gasteiger charge is -2.17. The highest BCUT2D eigenvalue weighted by atomic mass is 32.2. The Morgan fingerprint density at radius 3 is 1.58 bits per heavy atom. The zero-order valence-electron chi connectivity index (χ0n) is 20.2. The molecular formula is C29H23NO7S. The van der Waals surface area contributed by atoms with E-state index in [2.05, 4.69) is 5.32 Å². The largest absolute Gasteiger partial charge is 0.388 e. The minimum Gasteiger partial charge on any atom is -0.388 e. The van der Waals surface area contributed by atoms with Crippen LogP contribution in [0.4, 0.5) is 5.69 Å². The van der Waals surface area contributed by atoms with Crippen molar-refractivity contribution < 1.29 is 32.1 Å². The summed E-state index contributed by atoms with van der Waals surface area (Å²) in [6.45, 7) is 0. The number of benzene rings is 4. The van der Waals surface area contributed by atoms with Crippen molar-refractivity contribution in [1.29, 1.82) is 0 Å². The normalized spacial score (nSPS) is 11.4. The Labute approximate surface area is 219 Å². The van der Waals surface area contributed by atoms with Gasteiger partial charge in [-0.1, -0.05) is 54.6 Å². The van der Waals surface area contributed by atoms with Crippen molar-refractivity contribution in [2.24, 2.45) is 0 Å². The van der Waals surface area contributed by atoms with E-state index in [1.807, 2.05) is 37.4 Å². The third kappa shape index (κ3) is 6.73. The molecule has 0 atom stereocenters. The van der Waals surface area contributed by atoms with E-state index in [1.165, 1.54) is 12.1 Å². The molecule has 4 aromatic carbocycles. The zero-order valence-corrected chi connectivity index (χ0v) is 21.0.